The molecule has 0 fully saturated rings. The van der Waals surface area contributed by atoms with Crippen LogP contribution in [0.15, 0.2) is 23.1 Å². The first-order valence-electron chi connectivity index (χ1n) is 6.95. The first-order valence-corrected chi connectivity index (χ1v) is 8.76. The summed E-state index contributed by atoms with van der Waals surface area (Å²) in [6.45, 7) is 5.25. The molecule has 9 heteroatoms. The van der Waals surface area contributed by atoms with Gasteiger partial charge in [-0.1, -0.05) is 25.4 Å². The van der Waals surface area contributed by atoms with Crippen molar-refractivity contribution in [2.45, 2.75) is 31.8 Å². The molecule has 128 valence electrons. The number of rotatable bonds is 7. The summed E-state index contributed by atoms with van der Waals surface area (Å²) in [5.41, 5.74) is 4.99. The molecule has 2 N–H and O–H groups in total. The summed E-state index contributed by atoms with van der Waals surface area (Å²) in [6, 6.07) is 3.75. The fourth-order valence-electron chi connectivity index (χ4n) is 1.82. The van der Waals surface area contributed by atoms with Gasteiger partial charge in [0, 0.05) is 13.1 Å². The standard InChI is InChI=1S/C14H19ClN2O5S/c1-4-17(5-2)23(20,21)12-8-10(6-7-11(12)15)14(19)22-9(3)13(16)18/h6-9H,4-5H2,1-3H3,(H2,16,18)/t9-/m0/s1. The summed E-state index contributed by atoms with van der Waals surface area (Å²) >= 11 is 5.97. The lowest BCUT2D eigenvalue weighted by atomic mass is 10.2. The number of ether oxygens (including phenoxy) is 1. The summed E-state index contributed by atoms with van der Waals surface area (Å²) in [5.74, 6) is -1.66. The highest BCUT2D eigenvalue weighted by molar-refractivity contribution is 7.89. The van der Waals surface area contributed by atoms with Crippen molar-refractivity contribution in [2.24, 2.45) is 5.73 Å². The van der Waals surface area contributed by atoms with Gasteiger partial charge in [0.25, 0.3) is 5.91 Å². The molecule has 1 aromatic rings. The zero-order valence-electron chi connectivity index (χ0n) is 13.1. The first kappa shape index (κ1) is 19.4. The van der Waals surface area contributed by atoms with Crippen molar-refractivity contribution in [3.8, 4) is 0 Å². The van der Waals surface area contributed by atoms with Crippen molar-refractivity contribution < 1.29 is 22.7 Å². The number of nitrogens with zero attached hydrogens (tertiary/aromatic N) is 1. The zero-order chi connectivity index (χ0) is 17.8. The quantitative estimate of drug-likeness (QED) is 0.738. The van der Waals surface area contributed by atoms with E-state index in [1.54, 1.807) is 13.8 Å². The molecule has 1 rings (SSSR count). The number of primary amides is 1. The van der Waals surface area contributed by atoms with Crippen LogP contribution in [0.1, 0.15) is 31.1 Å². The smallest absolute Gasteiger partial charge is 0.338 e. The summed E-state index contributed by atoms with van der Waals surface area (Å²) in [7, 11) is -3.83. The molecule has 0 saturated carbocycles. The summed E-state index contributed by atoms with van der Waals surface area (Å²) in [6.07, 6.45) is -1.12. The van der Waals surface area contributed by atoms with E-state index < -0.39 is 28.0 Å². The second-order valence-corrected chi connectivity index (χ2v) is 7.00. The molecule has 0 aliphatic carbocycles. The number of nitrogens with two attached hydrogens (primary N) is 1. The number of halogens is 1. The summed E-state index contributed by atoms with van der Waals surface area (Å²) in [5, 5.41) is -0.00333. The van der Waals surface area contributed by atoms with Crippen LogP contribution in [0.2, 0.25) is 5.02 Å². The van der Waals surface area contributed by atoms with E-state index in [1.165, 1.54) is 23.4 Å². The Bertz CT molecular complexity index is 701. The number of benzene rings is 1. The van der Waals surface area contributed by atoms with Crippen LogP contribution >= 0.6 is 11.6 Å². The molecule has 1 atom stereocenters. The van der Waals surface area contributed by atoms with Crippen LogP contribution in [0.25, 0.3) is 0 Å². The molecule has 23 heavy (non-hydrogen) atoms. The number of esters is 1. The van der Waals surface area contributed by atoms with Crippen LogP contribution in [-0.4, -0.2) is 43.8 Å². The number of sulfonamides is 1. The molecule has 0 aromatic heterocycles. The highest BCUT2D eigenvalue weighted by atomic mass is 35.5. The molecule has 0 spiro atoms. The lowest BCUT2D eigenvalue weighted by Crippen LogP contribution is -2.31. The normalized spacial score (nSPS) is 12.9. The van der Waals surface area contributed by atoms with E-state index in [2.05, 4.69) is 0 Å². The molecule has 0 aliphatic heterocycles. The van der Waals surface area contributed by atoms with Crippen molar-refractivity contribution in [2.75, 3.05) is 13.1 Å². The molecule has 7 nitrogen and oxygen atoms in total. The minimum Gasteiger partial charge on any atom is -0.449 e. The molecule has 0 bridgehead atoms. The molecule has 0 radical (unpaired) electrons. The lowest BCUT2D eigenvalue weighted by molar-refractivity contribution is -0.125. The molecule has 1 aromatic carbocycles. The fraction of sp³-hybridized carbons (Fsp3) is 0.429. The Morgan fingerprint density at radius 2 is 1.87 bits per heavy atom. The monoisotopic (exact) mass is 362 g/mol. The minimum absolute atomic E-state index is 0.00333. The third kappa shape index (κ3) is 4.43. The van der Waals surface area contributed by atoms with Gasteiger partial charge >= 0.3 is 5.97 Å². The SMILES string of the molecule is CCN(CC)S(=O)(=O)c1cc(C(=O)O[C@@H](C)C(N)=O)ccc1Cl. The van der Waals surface area contributed by atoms with Gasteiger partial charge in [-0.3, -0.25) is 4.79 Å². The number of hydrogen-bond acceptors (Lipinski definition) is 5. The summed E-state index contributed by atoms with van der Waals surface area (Å²) < 4.78 is 31.1. The van der Waals surface area contributed by atoms with Crippen LogP contribution in [0, 0.1) is 0 Å². The van der Waals surface area contributed by atoms with Crippen LogP contribution < -0.4 is 5.73 Å². The Kier molecular flexibility index (Phi) is 6.55. The molecular weight excluding hydrogens is 344 g/mol. The predicted octanol–water partition coefficient (Wildman–Crippen LogP) is 1.40. The second-order valence-electron chi connectivity index (χ2n) is 4.68. The van der Waals surface area contributed by atoms with Crippen LogP contribution in [0.5, 0.6) is 0 Å². The van der Waals surface area contributed by atoms with Gasteiger partial charge in [0.05, 0.1) is 10.6 Å². The van der Waals surface area contributed by atoms with E-state index in [0.29, 0.717) is 0 Å². The number of hydrogen-bond donors (Lipinski definition) is 1. The molecule has 0 saturated heterocycles. The maximum atomic E-state index is 12.5. The molecule has 1 amide bonds. The van der Waals surface area contributed by atoms with Gasteiger partial charge in [-0.25, -0.2) is 13.2 Å². The van der Waals surface area contributed by atoms with Crippen molar-refractivity contribution in [3.05, 3.63) is 28.8 Å². The maximum Gasteiger partial charge on any atom is 0.338 e. The van der Waals surface area contributed by atoms with Gasteiger partial charge in [0.15, 0.2) is 6.10 Å². The maximum absolute atomic E-state index is 12.5. The zero-order valence-corrected chi connectivity index (χ0v) is 14.6. The van der Waals surface area contributed by atoms with E-state index in [4.69, 9.17) is 22.1 Å². The first-order chi connectivity index (χ1) is 10.6. The van der Waals surface area contributed by atoms with E-state index in [9.17, 15) is 18.0 Å². The topological polar surface area (TPSA) is 107 Å². The van der Waals surface area contributed by atoms with E-state index in [-0.39, 0.29) is 28.6 Å². The van der Waals surface area contributed by atoms with Gasteiger partial charge < -0.3 is 10.5 Å². The van der Waals surface area contributed by atoms with Gasteiger partial charge in [0.1, 0.15) is 4.90 Å². The van der Waals surface area contributed by atoms with E-state index >= 15 is 0 Å². The van der Waals surface area contributed by atoms with E-state index in [0.717, 1.165) is 6.07 Å². The Balaban J connectivity index is 3.23. The Hall–Kier alpha value is -1.64. The van der Waals surface area contributed by atoms with E-state index in [1.807, 2.05) is 0 Å². The largest absolute Gasteiger partial charge is 0.449 e. The average Bonchev–Trinajstić information content (AvgIpc) is 2.48. The van der Waals surface area contributed by atoms with Crippen LogP contribution in [0.3, 0.4) is 0 Å². The highest BCUT2D eigenvalue weighted by Crippen LogP contribution is 2.26. The molecule has 0 aliphatic rings. The summed E-state index contributed by atoms with van der Waals surface area (Å²) in [4.78, 5) is 22.7. The number of carbonyl (C=O) groups is 2. The number of amides is 1. The van der Waals surface area contributed by atoms with Crippen molar-refractivity contribution in [1.29, 1.82) is 0 Å². The van der Waals surface area contributed by atoms with Crippen LogP contribution in [0.4, 0.5) is 0 Å². The third-order valence-corrected chi connectivity index (χ3v) is 5.71. The van der Waals surface area contributed by atoms with Crippen LogP contribution in [-0.2, 0) is 19.6 Å². The highest BCUT2D eigenvalue weighted by Gasteiger charge is 2.26. The van der Waals surface area contributed by atoms with Crippen molar-refractivity contribution >= 4 is 33.5 Å². The fourth-order valence-corrected chi connectivity index (χ4v) is 3.78. The molecule has 0 heterocycles. The Morgan fingerprint density at radius 3 is 2.35 bits per heavy atom. The minimum atomic E-state index is -3.83. The molecule has 0 unspecified atom stereocenters. The molecular formula is C14H19ClN2O5S. The second kappa shape index (κ2) is 7.76. The Labute approximate surface area is 140 Å². The Morgan fingerprint density at radius 1 is 1.30 bits per heavy atom. The number of carbonyl (C=O) groups excluding carboxylic acids is 2. The van der Waals surface area contributed by atoms with Crippen molar-refractivity contribution in [1.82, 2.24) is 4.31 Å². The predicted molar refractivity (Wildman–Crippen MR) is 85.6 cm³/mol. The van der Waals surface area contributed by atoms with Gasteiger partial charge in [0.2, 0.25) is 10.0 Å². The third-order valence-electron chi connectivity index (χ3n) is 3.17. The van der Waals surface area contributed by atoms with Gasteiger partial charge in [-0.2, -0.15) is 4.31 Å². The van der Waals surface area contributed by atoms with Gasteiger partial charge in [-0.15, -0.1) is 0 Å². The van der Waals surface area contributed by atoms with Gasteiger partial charge in [-0.05, 0) is 25.1 Å². The average molecular weight is 363 g/mol. The lowest BCUT2D eigenvalue weighted by Gasteiger charge is -2.19. The van der Waals surface area contributed by atoms with Crippen molar-refractivity contribution in [3.63, 3.8) is 0 Å².